The molecule has 0 unspecified atom stereocenters. The number of nitrogens with one attached hydrogen (secondary N) is 1. The number of hydrogen-bond donors (Lipinski definition) is 1. The maximum Gasteiger partial charge on any atom is 0.244 e. The van der Waals surface area contributed by atoms with Crippen molar-refractivity contribution in [2.45, 2.75) is 12.8 Å². The van der Waals surface area contributed by atoms with Crippen LogP contribution in [0.4, 0.5) is 5.69 Å². The van der Waals surface area contributed by atoms with Gasteiger partial charge in [-0.2, -0.15) is 0 Å². The van der Waals surface area contributed by atoms with E-state index in [1.807, 2.05) is 36.4 Å². The van der Waals surface area contributed by atoms with Gasteiger partial charge in [-0.05, 0) is 23.9 Å². The summed E-state index contributed by atoms with van der Waals surface area (Å²) < 4.78 is 0.991. The Kier molecular flexibility index (Phi) is 3.92. The summed E-state index contributed by atoms with van der Waals surface area (Å²) in [5, 5.41) is 4.93. The van der Waals surface area contributed by atoms with Crippen molar-refractivity contribution in [2.24, 2.45) is 0 Å². The SMILES string of the molecule is O=C(CN1CCCC1=O)Nc1ccc(Br)c2ccccc12. The zero-order valence-corrected chi connectivity index (χ0v) is 13.0. The first-order valence-corrected chi connectivity index (χ1v) is 7.69. The number of benzene rings is 2. The van der Waals surface area contributed by atoms with Gasteiger partial charge in [0.1, 0.15) is 0 Å². The minimum Gasteiger partial charge on any atom is -0.333 e. The number of anilines is 1. The fourth-order valence-corrected chi connectivity index (χ4v) is 3.08. The van der Waals surface area contributed by atoms with Gasteiger partial charge >= 0.3 is 0 Å². The van der Waals surface area contributed by atoms with Crippen LogP contribution in [0.3, 0.4) is 0 Å². The molecule has 1 aliphatic heterocycles. The summed E-state index contributed by atoms with van der Waals surface area (Å²) >= 11 is 3.51. The molecule has 1 fully saturated rings. The van der Waals surface area contributed by atoms with E-state index in [0.717, 1.165) is 27.4 Å². The number of likely N-dealkylation sites (tertiary alicyclic amines) is 1. The van der Waals surface area contributed by atoms with Gasteiger partial charge in [0.05, 0.1) is 6.54 Å². The van der Waals surface area contributed by atoms with Gasteiger partial charge in [0.2, 0.25) is 11.8 Å². The Hall–Kier alpha value is -1.88. The predicted octanol–water partition coefficient (Wildman–Crippen LogP) is 3.16. The Balaban J connectivity index is 1.80. The molecule has 3 rings (SSSR count). The highest BCUT2D eigenvalue weighted by molar-refractivity contribution is 9.10. The van der Waals surface area contributed by atoms with E-state index in [9.17, 15) is 9.59 Å². The second-order valence-electron chi connectivity index (χ2n) is 5.11. The summed E-state index contributed by atoms with van der Waals surface area (Å²) in [5.74, 6) is -0.0939. The summed E-state index contributed by atoms with van der Waals surface area (Å²) in [4.78, 5) is 25.3. The van der Waals surface area contributed by atoms with Crippen molar-refractivity contribution in [3.05, 3.63) is 40.9 Å². The minimum absolute atomic E-state index is 0.0609. The van der Waals surface area contributed by atoms with Gasteiger partial charge in [-0.25, -0.2) is 0 Å². The van der Waals surface area contributed by atoms with Crippen molar-refractivity contribution in [3.8, 4) is 0 Å². The number of rotatable bonds is 3. The maximum absolute atomic E-state index is 12.1. The largest absolute Gasteiger partial charge is 0.333 e. The highest BCUT2D eigenvalue weighted by Crippen LogP contribution is 2.29. The van der Waals surface area contributed by atoms with E-state index < -0.39 is 0 Å². The molecular weight excluding hydrogens is 332 g/mol. The van der Waals surface area contributed by atoms with Gasteiger partial charge in [0.15, 0.2) is 0 Å². The van der Waals surface area contributed by atoms with Crippen molar-refractivity contribution < 1.29 is 9.59 Å². The monoisotopic (exact) mass is 346 g/mol. The van der Waals surface area contributed by atoms with E-state index in [-0.39, 0.29) is 18.4 Å². The first-order chi connectivity index (χ1) is 10.1. The van der Waals surface area contributed by atoms with Crippen LogP contribution in [0.5, 0.6) is 0 Å². The molecule has 0 aliphatic carbocycles. The number of carbonyl (C=O) groups is 2. The summed E-state index contributed by atoms with van der Waals surface area (Å²) in [6.07, 6.45) is 1.39. The Morgan fingerprint density at radius 3 is 2.67 bits per heavy atom. The van der Waals surface area contributed by atoms with Crippen molar-refractivity contribution in [2.75, 3.05) is 18.4 Å². The molecule has 0 saturated carbocycles. The van der Waals surface area contributed by atoms with Crippen LogP contribution >= 0.6 is 15.9 Å². The molecular formula is C16H15BrN2O2. The molecule has 0 radical (unpaired) electrons. The minimum atomic E-state index is -0.155. The lowest BCUT2D eigenvalue weighted by Gasteiger charge is -2.16. The van der Waals surface area contributed by atoms with Crippen LogP contribution in [0.15, 0.2) is 40.9 Å². The lowest BCUT2D eigenvalue weighted by atomic mass is 10.1. The third-order valence-electron chi connectivity index (χ3n) is 3.65. The third-order valence-corrected chi connectivity index (χ3v) is 4.34. The molecule has 108 valence electrons. The smallest absolute Gasteiger partial charge is 0.244 e. The zero-order chi connectivity index (χ0) is 14.8. The Morgan fingerprint density at radius 1 is 1.19 bits per heavy atom. The van der Waals surface area contributed by atoms with Crippen molar-refractivity contribution in [1.82, 2.24) is 4.90 Å². The summed E-state index contributed by atoms with van der Waals surface area (Å²) in [7, 11) is 0. The predicted molar refractivity (Wildman–Crippen MR) is 86.1 cm³/mol. The van der Waals surface area contributed by atoms with Gasteiger partial charge < -0.3 is 10.2 Å². The summed E-state index contributed by atoms with van der Waals surface area (Å²) in [5.41, 5.74) is 0.769. The summed E-state index contributed by atoms with van der Waals surface area (Å²) in [6, 6.07) is 11.7. The maximum atomic E-state index is 12.1. The number of hydrogen-bond acceptors (Lipinski definition) is 2. The Bertz CT molecular complexity index is 714. The van der Waals surface area contributed by atoms with E-state index >= 15 is 0 Å². The number of amides is 2. The van der Waals surface area contributed by atoms with Gasteiger partial charge in [-0.15, -0.1) is 0 Å². The van der Waals surface area contributed by atoms with E-state index in [1.54, 1.807) is 4.90 Å². The van der Waals surface area contributed by atoms with Gasteiger partial charge in [0.25, 0.3) is 0 Å². The van der Waals surface area contributed by atoms with E-state index in [0.29, 0.717) is 13.0 Å². The molecule has 5 heteroatoms. The molecule has 1 saturated heterocycles. The second kappa shape index (κ2) is 5.85. The first-order valence-electron chi connectivity index (χ1n) is 6.90. The van der Waals surface area contributed by atoms with Crippen molar-refractivity contribution >= 4 is 44.2 Å². The number of halogens is 1. The van der Waals surface area contributed by atoms with Crippen LogP contribution in [-0.4, -0.2) is 29.8 Å². The molecule has 0 aromatic heterocycles. The van der Waals surface area contributed by atoms with E-state index in [2.05, 4.69) is 21.2 Å². The molecule has 0 bridgehead atoms. The third kappa shape index (κ3) is 2.93. The van der Waals surface area contributed by atoms with Crippen LogP contribution in [0.1, 0.15) is 12.8 Å². The van der Waals surface area contributed by atoms with Crippen LogP contribution in [0.2, 0.25) is 0 Å². The molecule has 1 aliphatic rings. The highest BCUT2D eigenvalue weighted by atomic mass is 79.9. The van der Waals surface area contributed by atoms with Crippen LogP contribution < -0.4 is 5.32 Å². The normalized spacial score (nSPS) is 14.7. The fourth-order valence-electron chi connectivity index (χ4n) is 2.61. The first kappa shape index (κ1) is 14.1. The van der Waals surface area contributed by atoms with Gasteiger partial charge in [-0.1, -0.05) is 40.2 Å². The summed E-state index contributed by atoms with van der Waals surface area (Å²) in [6.45, 7) is 0.802. The zero-order valence-electron chi connectivity index (χ0n) is 11.4. The van der Waals surface area contributed by atoms with Crippen LogP contribution in [-0.2, 0) is 9.59 Å². The van der Waals surface area contributed by atoms with Gasteiger partial charge in [-0.3, -0.25) is 9.59 Å². The Labute approximate surface area is 131 Å². The van der Waals surface area contributed by atoms with Crippen molar-refractivity contribution in [1.29, 1.82) is 0 Å². The number of nitrogens with zero attached hydrogens (tertiary/aromatic N) is 1. The van der Waals surface area contributed by atoms with Crippen molar-refractivity contribution in [3.63, 3.8) is 0 Å². The number of fused-ring (bicyclic) bond motifs is 1. The average Bonchev–Trinajstić information content (AvgIpc) is 2.88. The molecule has 0 atom stereocenters. The molecule has 2 aromatic rings. The highest BCUT2D eigenvalue weighted by Gasteiger charge is 2.22. The molecule has 2 aromatic carbocycles. The lowest BCUT2D eigenvalue weighted by molar-refractivity contribution is -0.131. The standard InChI is InChI=1S/C16H15BrN2O2/c17-13-7-8-14(12-5-2-1-4-11(12)13)18-15(20)10-19-9-3-6-16(19)21/h1-2,4-5,7-8H,3,6,9-10H2,(H,18,20). The topological polar surface area (TPSA) is 49.4 Å². The second-order valence-corrected chi connectivity index (χ2v) is 5.96. The van der Waals surface area contributed by atoms with Crippen LogP contribution in [0, 0.1) is 0 Å². The average molecular weight is 347 g/mol. The fraction of sp³-hybridized carbons (Fsp3) is 0.250. The molecule has 2 amide bonds. The molecule has 0 spiro atoms. The van der Waals surface area contributed by atoms with Crippen LogP contribution in [0.25, 0.3) is 10.8 Å². The molecule has 21 heavy (non-hydrogen) atoms. The molecule has 1 heterocycles. The van der Waals surface area contributed by atoms with Gasteiger partial charge in [0, 0.05) is 28.5 Å². The van der Waals surface area contributed by atoms with E-state index in [1.165, 1.54) is 0 Å². The molecule has 4 nitrogen and oxygen atoms in total. The quantitative estimate of drug-likeness (QED) is 0.927. The van der Waals surface area contributed by atoms with E-state index in [4.69, 9.17) is 0 Å². The number of carbonyl (C=O) groups excluding carboxylic acids is 2. The molecule has 1 N–H and O–H groups in total. The Morgan fingerprint density at radius 2 is 1.95 bits per heavy atom. The lowest BCUT2D eigenvalue weighted by Crippen LogP contribution is -2.33.